The fourth-order valence-electron chi connectivity index (χ4n) is 2.38. The van der Waals surface area contributed by atoms with E-state index in [0.717, 1.165) is 0 Å². The number of aliphatic hydroxyl groups excluding tert-OH is 3. The number of ether oxygens (including phenoxy) is 2. The summed E-state index contributed by atoms with van der Waals surface area (Å²) in [7, 11) is 0. The second kappa shape index (κ2) is 5.62. The molecule has 2 aromatic carbocycles. The van der Waals surface area contributed by atoms with Gasteiger partial charge in [0.1, 0.15) is 24.1 Å². The first kappa shape index (κ1) is 14.9. The van der Waals surface area contributed by atoms with Gasteiger partial charge in [-0.05, 0) is 23.6 Å². The van der Waals surface area contributed by atoms with Crippen molar-refractivity contribution in [3.05, 3.63) is 30.3 Å². The highest BCUT2D eigenvalue weighted by Gasteiger charge is 2.39. The maximum absolute atomic E-state index is 9.89. The summed E-state index contributed by atoms with van der Waals surface area (Å²) in [6.07, 6.45) is -5.11. The van der Waals surface area contributed by atoms with Crippen LogP contribution in [0, 0.1) is 0 Å². The normalized spacial score (nSPS) is 28.7. The lowest BCUT2D eigenvalue weighted by molar-refractivity contribution is -0.241. The predicted molar refractivity (Wildman–Crippen MR) is 75.7 cm³/mol. The van der Waals surface area contributed by atoms with E-state index in [-0.39, 0.29) is 18.1 Å². The lowest BCUT2D eigenvalue weighted by Crippen LogP contribution is -2.54. The molecule has 1 fully saturated rings. The average Bonchev–Trinajstić information content (AvgIpc) is 2.50. The van der Waals surface area contributed by atoms with Crippen LogP contribution in [0.1, 0.15) is 0 Å². The monoisotopic (exact) mass is 308 g/mol. The molecule has 7 heteroatoms. The summed E-state index contributed by atoms with van der Waals surface area (Å²) in [5, 5.41) is 49.2. The van der Waals surface area contributed by atoms with Gasteiger partial charge in [0.25, 0.3) is 0 Å². The molecule has 1 heterocycles. The van der Waals surface area contributed by atoms with Gasteiger partial charge in [-0.1, -0.05) is 12.1 Å². The summed E-state index contributed by atoms with van der Waals surface area (Å²) in [5.74, 6) is -0.248. The Morgan fingerprint density at radius 1 is 1.00 bits per heavy atom. The highest BCUT2D eigenvalue weighted by molar-refractivity contribution is 5.91. The third kappa shape index (κ3) is 2.55. The Bertz CT molecular complexity index is 687. The van der Waals surface area contributed by atoms with Gasteiger partial charge in [-0.3, -0.25) is 0 Å². The summed E-state index contributed by atoms with van der Waals surface area (Å²) in [6.45, 7) is -0.167. The van der Waals surface area contributed by atoms with Gasteiger partial charge < -0.3 is 35.0 Å². The van der Waals surface area contributed by atoms with Crippen LogP contribution in [0.25, 0.3) is 10.8 Å². The number of fused-ring (bicyclic) bond motifs is 1. The van der Waals surface area contributed by atoms with Crippen LogP contribution in [-0.4, -0.2) is 56.7 Å². The molecule has 0 unspecified atom stereocenters. The summed E-state index contributed by atoms with van der Waals surface area (Å²) in [5.41, 5.74) is 0. The minimum atomic E-state index is -1.41. The molecule has 1 aliphatic rings. The van der Waals surface area contributed by atoms with E-state index in [9.17, 15) is 25.5 Å². The lowest BCUT2D eigenvalue weighted by Gasteiger charge is -2.35. The van der Waals surface area contributed by atoms with Gasteiger partial charge >= 0.3 is 0 Å². The Morgan fingerprint density at radius 2 is 1.73 bits per heavy atom. The van der Waals surface area contributed by atoms with Crippen molar-refractivity contribution in [3.8, 4) is 17.2 Å². The van der Waals surface area contributed by atoms with E-state index in [1.54, 1.807) is 18.2 Å². The molecular formula is C15H16O7. The standard InChI is InChI=1S/C15H16O7/c16-9-4-7-2-1-3-12(8(7)5-10(9)17)22-15-14(20)13(19)11(18)6-21-15/h1-5,11,13-20H,6H2/t11-,13+,14-,15+/m1/s1. The van der Waals surface area contributed by atoms with Gasteiger partial charge in [0.15, 0.2) is 11.5 Å². The van der Waals surface area contributed by atoms with Crippen LogP contribution in [0.15, 0.2) is 30.3 Å². The second-order valence-electron chi connectivity index (χ2n) is 5.19. The molecule has 3 rings (SSSR count). The Kier molecular flexibility index (Phi) is 3.79. The molecule has 7 nitrogen and oxygen atoms in total. The molecule has 0 bridgehead atoms. The van der Waals surface area contributed by atoms with Crippen molar-refractivity contribution in [1.29, 1.82) is 0 Å². The molecule has 0 aliphatic carbocycles. The van der Waals surface area contributed by atoms with Crippen LogP contribution >= 0.6 is 0 Å². The second-order valence-corrected chi connectivity index (χ2v) is 5.19. The molecule has 0 aromatic heterocycles. The number of aliphatic hydroxyl groups is 3. The fraction of sp³-hybridized carbons (Fsp3) is 0.333. The van der Waals surface area contributed by atoms with Crippen LogP contribution in [0.2, 0.25) is 0 Å². The molecular weight excluding hydrogens is 292 g/mol. The zero-order valence-corrected chi connectivity index (χ0v) is 11.5. The van der Waals surface area contributed by atoms with E-state index in [0.29, 0.717) is 16.5 Å². The van der Waals surface area contributed by atoms with E-state index in [1.807, 2.05) is 0 Å². The van der Waals surface area contributed by atoms with Crippen molar-refractivity contribution in [3.63, 3.8) is 0 Å². The maximum atomic E-state index is 9.89. The van der Waals surface area contributed by atoms with Crippen LogP contribution in [0.3, 0.4) is 0 Å². The molecule has 22 heavy (non-hydrogen) atoms. The van der Waals surface area contributed by atoms with Gasteiger partial charge in [0.2, 0.25) is 6.29 Å². The molecule has 5 N–H and O–H groups in total. The van der Waals surface area contributed by atoms with E-state index in [2.05, 4.69) is 0 Å². The molecule has 1 saturated heterocycles. The van der Waals surface area contributed by atoms with Crippen LogP contribution < -0.4 is 4.74 Å². The Hall–Kier alpha value is -2.06. The molecule has 118 valence electrons. The number of rotatable bonds is 2. The van der Waals surface area contributed by atoms with Crippen LogP contribution in [0.4, 0.5) is 0 Å². The maximum Gasteiger partial charge on any atom is 0.228 e. The van der Waals surface area contributed by atoms with Crippen LogP contribution in [-0.2, 0) is 4.74 Å². The molecule has 1 aliphatic heterocycles. The minimum absolute atomic E-state index is 0.167. The van der Waals surface area contributed by atoms with Gasteiger partial charge in [-0.25, -0.2) is 0 Å². The quantitative estimate of drug-likeness (QED) is 0.498. The molecule has 0 spiro atoms. The average molecular weight is 308 g/mol. The van der Waals surface area contributed by atoms with E-state index in [4.69, 9.17) is 9.47 Å². The van der Waals surface area contributed by atoms with Gasteiger partial charge in [-0.2, -0.15) is 0 Å². The molecule has 0 amide bonds. The Labute approximate surface area is 125 Å². The first-order valence-corrected chi connectivity index (χ1v) is 6.74. The predicted octanol–water partition coefficient (Wildman–Crippen LogP) is 0.0688. The molecule has 4 atom stereocenters. The van der Waals surface area contributed by atoms with Crippen molar-refractivity contribution in [2.24, 2.45) is 0 Å². The van der Waals surface area contributed by atoms with E-state index < -0.39 is 24.6 Å². The number of phenols is 2. The lowest BCUT2D eigenvalue weighted by atomic mass is 10.1. The fourth-order valence-corrected chi connectivity index (χ4v) is 2.38. The first-order chi connectivity index (χ1) is 10.5. The number of hydrogen-bond donors (Lipinski definition) is 5. The Balaban J connectivity index is 1.92. The van der Waals surface area contributed by atoms with Crippen molar-refractivity contribution < 1.29 is 35.0 Å². The number of aromatic hydroxyl groups is 2. The third-order valence-corrected chi connectivity index (χ3v) is 3.63. The molecule has 0 saturated carbocycles. The van der Waals surface area contributed by atoms with E-state index in [1.165, 1.54) is 12.1 Å². The third-order valence-electron chi connectivity index (χ3n) is 3.63. The zero-order chi connectivity index (χ0) is 15.9. The van der Waals surface area contributed by atoms with Gasteiger partial charge in [0, 0.05) is 5.39 Å². The number of phenolic OH excluding ortho intramolecular Hbond substituents is 2. The summed E-state index contributed by atoms with van der Waals surface area (Å²) in [6, 6.07) is 7.72. The smallest absolute Gasteiger partial charge is 0.228 e. The van der Waals surface area contributed by atoms with Crippen molar-refractivity contribution in [2.75, 3.05) is 6.61 Å². The minimum Gasteiger partial charge on any atom is -0.504 e. The number of benzene rings is 2. The highest BCUT2D eigenvalue weighted by Crippen LogP contribution is 2.35. The number of hydrogen-bond acceptors (Lipinski definition) is 7. The Morgan fingerprint density at radius 3 is 2.50 bits per heavy atom. The molecule has 2 aromatic rings. The summed E-state index contributed by atoms with van der Waals surface area (Å²) >= 11 is 0. The van der Waals surface area contributed by atoms with Crippen molar-refractivity contribution in [1.82, 2.24) is 0 Å². The SMILES string of the molecule is Oc1cc2cccc(O[C@@H]3OC[C@@H](O)[C@H](O)[C@H]3O)c2cc1O. The van der Waals surface area contributed by atoms with Gasteiger partial charge in [0.05, 0.1) is 6.61 Å². The first-order valence-electron chi connectivity index (χ1n) is 6.74. The van der Waals surface area contributed by atoms with E-state index >= 15 is 0 Å². The van der Waals surface area contributed by atoms with Crippen LogP contribution in [0.5, 0.6) is 17.2 Å². The molecule has 0 radical (unpaired) electrons. The largest absolute Gasteiger partial charge is 0.504 e. The summed E-state index contributed by atoms with van der Waals surface area (Å²) < 4.78 is 10.7. The topological polar surface area (TPSA) is 120 Å². The summed E-state index contributed by atoms with van der Waals surface area (Å²) in [4.78, 5) is 0. The van der Waals surface area contributed by atoms with Gasteiger partial charge in [-0.15, -0.1) is 0 Å². The van der Waals surface area contributed by atoms with Crippen molar-refractivity contribution >= 4 is 10.8 Å². The zero-order valence-electron chi connectivity index (χ0n) is 11.5. The van der Waals surface area contributed by atoms with Crippen molar-refractivity contribution in [2.45, 2.75) is 24.6 Å². The highest BCUT2D eigenvalue weighted by atomic mass is 16.7.